The number of tetrazole rings is 1. The Bertz CT molecular complexity index is 277. The molecule has 0 aliphatic heterocycles. The van der Waals surface area contributed by atoms with Crippen LogP contribution in [0.4, 0.5) is 0 Å². The molecule has 0 aromatic carbocycles. The highest BCUT2D eigenvalue weighted by molar-refractivity contribution is 6.16. The molecule has 0 amide bonds. The Labute approximate surface area is 94.8 Å². The van der Waals surface area contributed by atoms with Crippen LogP contribution in [-0.4, -0.2) is 32.9 Å². The van der Waals surface area contributed by atoms with Crippen LogP contribution in [0.3, 0.4) is 0 Å². The molecule has 6 heteroatoms. The highest BCUT2D eigenvalue weighted by Gasteiger charge is 2.03. The molecule has 0 bridgehead atoms. The summed E-state index contributed by atoms with van der Waals surface area (Å²) < 4.78 is 7.17. The summed E-state index contributed by atoms with van der Waals surface area (Å²) in [7, 11) is 0. The molecule has 1 rings (SSSR count). The second-order valence-corrected chi connectivity index (χ2v) is 3.85. The molecule has 0 saturated heterocycles. The topological polar surface area (TPSA) is 52.8 Å². The lowest BCUT2D eigenvalue weighted by atomic mass is 10.3. The first-order chi connectivity index (χ1) is 7.24. The molecule has 1 heterocycles. The Morgan fingerprint density at radius 3 is 2.87 bits per heavy atom. The van der Waals surface area contributed by atoms with Crippen LogP contribution in [-0.2, 0) is 17.2 Å². The van der Waals surface area contributed by atoms with Gasteiger partial charge in [-0.1, -0.05) is 0 Å². The van der Waals surface area contributed by atoms with E-state index in [2.05, 4.69) is 15.5 Å². The first-order valence-corrected chi connectivity index (χ1v) is 5.70. The van der Waals surface area contributed by atoms with Gasteiger partial charge >= 0.3 is 0 Å². The van der Waals surface area contributed by atoms with Crippen LogP contribution >= 0.6 is 11.6 Å². The third-order valence-electron chi connectivity index (χ3n) is 1.94. The van der Waals surface area contributed by atoms with Gasteiger partial charge in [-0.05, 0) is 37.1 Å². The van der Waals surface area contributed by atoms with Gasteiger partial charge in [0.05, 0.1) is 12.0 Å². The maximum Gasteiger partial charge on any atom is 0.165 e. The van der Waals surface area contributed by atoms with Gasteiger partial charge in [-0.25, -0.2) is 4.68 Å². The molecule has 0 saturated carbocycles. The highest BCUT2D eigenvalue weighted by Crippen LogP contribution is 2.01. The Balaban J connectivity index is 2.15. The standard InChI is InChI=1S/C9H17ClN4O/c1-8(2)15-6-4-3-5-14-9(7-10)11-12-13-14/h8H,3-7H2,1-2H3. The number of alkyl halides is 1. The number of nitrogens with zero attached hydrogens (tertiary/aromatic N) is 4. The normalized spacial score (nSPS) is 11.2. The summed E-state index contributed by atoms with van der Waals surface area (Å²) >= 11 is 5.67. The summed E-state index contributed by atoms with van der Waals surface area (Å²) in [5.41, 5.74) is 0. The van der Waals surface area contributed by atoms with Gasteiger partial charge in [0, 0.05) is 13.2 Å². The Kier molecular flexibility index (Phi) is 5.57. The molecule has 0 atom stereocenters. The average Bonchev–Trinajstić information content (AvgIpc) is 2.64. The zero-order valence-corrected chi connectivity index (χ0v) is 9.94. The number of aryl methyl sites for hydroxylation is 1. The van der Waals surface area contributed by atoms with Crippen LogP contribution in [0.15, 0.2) is 0 Å². The Morgan fingerprint density at radius 2 is 2.20 bits per heavy atom. The number of ether oxygens (including phenoxy) is 1. The minimum Gasteiger partial charge on any atom is -0.379 e. The number of unbranched alkanes of at least 4 members (excludes halogenated alkanes) is 1. The van der Waals surface area contributed by atoms with Gasteiger partial charge in [-0.2, -0.15) is 0 Å². The van der Waals surface area contributed by atoms with Gasteiger partial charge in [-0.15, -0.1) is 16.7 Å². The fourth-order valence-corrected chi connectivity index (χ4v) is 1.37. The molecule has 1 aromatic rings. The summed E-state index contributed by atoms with van der Waals surface area (Å²) in [5.74, 6) is 1.08. The van der Waals surface area contributed by atoms with E-state index in [-0.39, 0.29) is 0 Å². The number of halogens is 1. The summed E-state index contributed by atoms with van der Waals surface area (Å²) in [6.45, 7) is 5.66. The monoisotopic (exact) mass is 232 g/mol. The van der Waals surface area contributed by atoms with Crippen LogP contribution in [0.5, 0.6) is 0 Å². The maximum absolute atomic E-state index is 5.67. The second-order valence-electron chi connectivity index (χ2n) is 3.58. The van der Waals surface area contributed by atoms with Crippen LogP contribution < -0.4 is 0 Å². The van der Waals surface area contributed by atoms with E-state index in [4.69, 9.17) is 16.3 Å². The number of aromatic nitrogens is 4. The van der Waals surface area contributed by atoms with Crippen molar-refractivity contribution in [3.63, 3.8) is 0 Å². The summed E-state index contributed by atoms with van der Waals surface area (Å²) in [6.07, 6.45) is 2.32. The highest BCUT2D eigenvalue weighted by atomic mass is 35.5. The van der Waals surface area contributed by atoms with Gasteiger partial charge in [-0.3, -0.25) is 0 Å². The predicted molar refractivity (Wildman–Crippen MR) is 57.7 cm³/mol. The molecule has 0 radical (unpaired) electrons. The van der Waals surface area contributed by atoms with Crippen molar-refractivity contribution < 1.29 is 4.74 Å². The largest absolute Gasteiger partial charge is 0.379 e. The number of hydrogen-bond donors (Lipinski definition) is 0. The Morgan fingerprint density at radius 1 is 1.40 bits per heavy atom. The van der Waals surface area contributed by atoms with E-state index < -0.39 is 0 Å². The number of hydrogen-bond acceptors (Lipinski definition) is 4. The molecule has 0 spiro atoms. The van der Waals surface area contributed by atoms with Crippen molar-refractivity contribution in [2.45, 2.75) is 45.2 Å². The molecule has 15 heavy (non-hydrogen) atoms. The molecule has 0 unspecified atom stereocenters. The number of rotatable bonds is 7. The zero-order chi connectivity index (χ0) is 11.1. The van der Waals surface area contributed by atoms with Crippen molar-refractivity contribution in [3.8, 4) is 0 Å². The molecular weight excluding hydrogens is 216 g/mol. The second kappa shape index (κ2) is 6.74. The van der Waals surface area contributed by atoms with Crippen molar-refractivity contribution in [1.29, 1.82) is 0 Å². The van der Waals surface area contributed by atoms with E-state index in [1.807, 2.05) is 13.8 Å². The molecule has 0 aliphatic rings. The van der Waals surface area contributed by atoms with Crippen molar-refractivity contribution in [3.05, 3.63) is 5.82 Å². The lowest BCUT2D eigenvalue weighted by Gasteiger charge is -2.07. The first kappa shape index (κ1) is 12.4. The van der Waals surface area contributed by atoms with Gasteiger partial charge < -0.3 is 4.74 Å². The van der Waals surface area contributed by atoms with Gasteiger partial charge in [0.15, 0.2) is 5.82 Å². The van der Waals surface area contributed by atoms with Crippen molar-refractivity contribution in [2.24, 2.45) is 0 Å². The first-order valence-electron chi connectivity index (χ1n) is 5.16. The molecule has 0 N–H and O–H groups in total. The molecule has 0 fully saturated rings. The van der Waals surface area contributed by atoms with E-state index in [9.17, 15) is 0 Å². The lowest BCUT2D eigenvalue weighted by Crippen LogP contribution is -2.08. The predicted octanol–water partition coefficient (Wildman–Crippen LogP) is 1.62. The van der Waals surface area contributed by atoms with Crippen molar-refractivity contribution in [2.75, 3.05) is 6.61 Å². The minimum absolute atomic E-state index is 0.302. The van der Waals surface area contributed by atoms with E-state index in [0.29, 0.717) is 12.0 Å². The molecule has 0 aliphatic carbocycles. The summed E-state index contributed by atoms with van der Waals surface area (Å²) in [6, 6.07) is 0. The van der Waals surface area contributed by atoms with Crippen molar-refractivity contribution in [1.82, 2.24) is 20.2 Å². The fraction of sp³-hybridized carbons (Fsp3) is 0.889. The molecule has 86 valence electrons. The van der Waals surface area contributed by atoms with Crippen molar-refractivity contribution >= 4 is 11.6 Å². The third-order valence-corrected chi connectivity index (χ3v) is 2.18. The maximum atomic E-state index is 5.67. The summed E-state index contributed by atoms with van der Waals surface area (Å²) in [5, 5.41) is 11.2. The molecule has 5 nitrogen and oxygen atoms in total. The van der Waals surface area contributed by atoms with Crippen LogP contribution in [0.2, 0.25) is 0 Å². The van der Waals surface area contributed by atoms with Crippen LogP contribution in [0.1, 0.15) is 32.5 Å². The quantitative estimate of drug-likeness (QED) is 0.530. The minimum atomic E-state index is 0.302. The summed E-state index contributed by atoms with van der Waals surface area (Å²) in [4.78, 5) is 0. The van der Waals surface area contributed by atoms with Crippen LogP contribution in [0.25, 0.3) is 0 Å². The van der Waals surface area contributed by atoms with E-state index in [0.717, 1.165) is 31.8 Å². The van der Waals surface area contributed by atoms with E-state index >= 15 is 0 Å². The molecule has 1 aromatic heterocycles. The van der Waals surface area contributed by atoms with Gasteiger partial charge in [0.2, 0.25) is 0 Å². The zero-order valence-electron chi connectivity index (χ0n) is 9.19. The van der Waals surface area contributed by atoms with Gasteiger partial charge in [0.25, 0.3) is 0 Å². The van der Waals surface area contributed by atoms with E-state index in [1.54, 1.807) is 4.68 Å². The Hall–Kier alpha value is -0.680. The molecular formula is C9H17ClN4O. The SMILES string of the molecule is CC(C)OCCCCn1nnnc1CCl. The van der Waals surface area contributed by atoms with Crippen LogP contribution in [0, 0.1) is 0 Å². The van der Waals surface area contributed by atoms with E-state index in [1.165, 1.54) is 0 Å². The van der Waals surface area contributed by atoms with Gasteiger partial charge in [0.1, 0.15) is 0 Å². The smallest absolute Gasteiger partial charge is 0.165 e. The fourth-order valence-electron chi connectivity index (χ4n) is 1.18. The average molecular weight is 233 g/mol. The lowest BCUT2D eigenvalue weighted by molar-refractivity contribution is 0.0752. The third kappa shape index (κ3) is 4.57.